The minimum absolute atomic E-state index is 0.131. The molecule has 1 aliphatic carbocycles. The summed E-state index contributed by atoms with van der Waals surface area (Å²) in [5.41, 5.74) is 2.34. The average molecular weight is 302 g/mol. The Bertz CT molecular complexity index is 518. The molecule has 1 heterocycles. The van der Waals surface area contributed by atoms with E-state index in [0.717, 1.165) is 26.0 Å². The second-order valence-corrected chi connectivity index (χ2v) is 6.64. The van der Waals surface area contributed by atoms with Gasteiger partial charge in [-0.15, -0.1) is 0 Å². The Hall–Kier alpha value is -1.39. The monoisotopic (exact) mass is 302 g/mol. The maximum atomic E-state index is 12.5. The Morgan fingerprint density at radius 1 is 1.41 bits per heavy atom. The topological polar surface area (TPSA) is 50.4 Å². The van der Waals surface area contributed by atoms with E-state index in [1.165, 1.54) is 24.0 Å². The minimum atomic E-state index is -0.168. The van der Waals surface area contributed by atoms with Gasteiger partial charge in [0, 0.05) is 19.0 Å². The summed E-state index contributed by atoms with van der Waals surface area (Å²) in [4.78, 5) is 12.5. The average Bonchev–Trinajstić information content (AvgIpc) is 2.98. The van der Waals surface area contributed by atoms with E-state index in [1.807, 2.05) is 0 Å². The predicted molar refractivity (Wildman–Crippen MR) is 86.7 cm³/mol. The Morgan fingerprint density at radius 2 is 2.23 bits per heavy atom. The molecule has 120 valence electrons. The van der Waals surface area contributed by atoms with Crippen molar-refractivity contribution in [3.05, 3.63) is 35.4 Å². The number of aryl methyl sites for hydroxylation is 1. The Morgan fingerprint density at radius 3 is 2.91 bits per heavy atom. The molecule has 2 fully saturated rings. The third kappa shape index (κ3) is 3.50. The van der Waals surface area contributed by atoms with Gasteiger partial charge in [-0.1, -0.05) is 42.7 Å². The molecule has 1 saturated heterocycles. The minimum Gasteiger partial charge on any atom is -0.378 e. The van der Waals surface area contributed by atoms with Gasteiger partial charge in [0.2, 0.25) is 5.91 Å². The first-order chi connectivity index (χ1) is 10.7. The first-order valence-electron chi connectivity index (χ1n) is 8.37. The van der Waals surface area contributed by atoms with E-state index < -0.39 is 0 Å². The molecule has 0 spiro atoms. The predicted octanol–water partition coefficient (Wildman–Crippen LogP) is 2.26. The molecule has 1 aromatic carbocycles. The molecule has 0 bridgehead atoms. The highest BCUT2D eigenvalue weighted by Gasteiger charge is 2.37. The van der Waals surface area contributed by atoms with Crippen LogP contribution in [0.25, 0.3) is 0 Å². The highest BCUT2D eigenvalue weighted by Crippen LogP contribution is 2.39. The third-order valence-corrected chi connectivity index (χ3v) is 4.84. The maximum absolute atomic E-state index is 12.5. The number of ether oxygens (including phenoxy) is 1. The van der Waals surface area contributed by atoms with Gasteiger partial charge in [0.25, 0.3) is 0 Å². The van der Waals surface area contributed by atoms with Gasteiger partial charge in [0.05, 0.1) is 18.8 Å². The number of benzene rings is 1. The Balaban J connectivity index is 1.70. The zero-order valence-corrected chi connectivity index (χ0v) is 13.4. The molecule has 1 unspecified atom stereocenters. The van der Waals surface area contributed by atoms with Crippen molar-refractivity contribution in [1.82, 2.24) is 10.6 Å². The van der Waals surface area contributed by atoms with Gasteiger partial charge in [-0.3, -0.25) is 4.79 Å². The fourth-order valence-electron chi connectivity index (χ4n) is 3.70. The van der Waals surface area contributed by atoms with E-state index in [9.17, 15) is 4.79 Å². The van der Waals surface area contributed by atoms with Gasteiger partial charge in [-0.05, 0) is 25.3 Å². The van der Waals surface area contributed by atoms with E-state index in [1.54, 1.807) is 0 Å². The second-order valence-electron chi connectivity index (χ2n) is 6.64. The van der Waals surface area contributed by atoms with Gasteiger partial charge in [-0.25, -0.2) is 0 Å². The van der Waals surface area contributed by atoms with Crippen LogP contribution >= 0.6 is 0 Å². The van der Waals surface area contributed by atoms with Crippen LogP contribution in [-0.2, 0) is 15.1 Å². The normalized spacial score (nSPS) is 24.1. The molecule has 3 rings (SSSR count). The Labute approximate surface area is 132 Å². The quantitative estimate of drug-likeness (QED) is 0.897. The first kappa shape index (κ1) is 15.5. The van der Waals surface area contributed by atoms with Crippen LogP contribution in [0.5, 0.6) is 0 Å². The number of hydrogen-bond donors (Lipinski definition) is 2. The van der Waals surface area contributed by atoms with E-state index in [4.69, 9.17) is 4.74 Å². The van der Waals surface area contributed by atoms with Gasteiger partial charge in [-0.2, -0.15) is 0 Å². The van der Waals surface area contributed by atoms with Crippen LogP contribution in [0.4, 0.5) is 0 Å². The van der Waals surface area contributed by atoms with E-state index in [2.05, 4.69) is 41.8 Å². The molecule has 1 atom stereocenters. The van der Waals surface area contributed by atoms with E-state index in [0.29, 0.717) is 13.0 Å². The summed E-state index contributed by atoms with van der Waals surface area (Å²) in [5.74, 6) is 0.131. The molecule has 1 aromatic rings. The molecule has 2 N–H and O–H groups in total. The van der Waals surface area contributed by atoms with Crippen molar-refractivity contribution in [2.45, 2.75) is 50.6 Å². The van der Waals surface area contributed by atoms with E-state index >= 15 is 0 Å². The number of nitrogens with one attached hydrogen (secondary N) is 2. The summed E-state index contributed by atoms with van der Waals surface area (Å²) in [6.07, 6.45) is 4.93. The smallest absolute Gasteiger partial charge is 0.222 e. The molecule has 1 saturated carbocycles. The van der Waals surface area contributed by atoms with Crippen LogP contribution in [0.3, 0.4) is 0 Å². The molecular weight excluding hydrogens is 276 g/mol. The maximum Gasteiger partial charge on any atom is 0.222 e. The fourth-order valence-corrected chi connectivity index (χ4v) is 3.70. The van der Waals surface area contributed by atoms with Gasteiger partial charge in [0.1, 0.15) is 0 Å². The van der Waals surface area contributed by atoms with Crippen molar-refractivity contribution in [3.8, 4) is 0 Å². The van der Waals surface area contributed by atoms with Gasteiger partial charge >= 0.3 is 0 Å². The molecule has 0 aromatic heterocycles. The lowest BCUT2D eigenvalue weighted by molar-refractivity contribution is -0.124. The molecule has 2 aliphatic rings. The zero-order chi connectivity index (χ0) is 15.4. The first-order valence-corrected chi connectivity index (χ1v) is 8.37. The molecule has 4 nitrogen and oxygen atoms in total. The van der Waals surface area contributed by atoms with Crippen molar-refractivity contribution in [2.75, 3.05) is 19.8 Å². The van der Waals surface area contributed by atoms with Crippen LogP contribution in [0.2, 0.25) is 0 Å². The third-order valence-electron chi connectivity index (χ3n) is 4.84. The summed E-state index contributed by atoms with van der Waals surface area (Å²) in [5, 5.41) is 6.70. The van der Waals surface area contributed by atoms with Crippen molar-refractivity contribution >= 4 is 5.91 Å². The molecule has 4 heteroatoms. The number of amides is 1. The van der Waals surface area contributed by atoms with Crippen molar-refractivity contribution in [3.63, 3.8) is 0 Å². The van der Waals surface area contributed by atoms with Crippen LogP contribution in [0, 0.1) is 6.92 Å². The van der Waals surface area contributed by atoms with Crippen LogP contribution in [-0.4, -0.2) is 31.7 Å². The summed E-state index contributed by atoms with van der Waals surface area (Å²) < 4.78 is 5.44. The number of carbonyl (C=O) groups excluding carboxylic acids is 1. The lowest BCUT2D eigenvalue weighted by atomic mass is 9.87. The number of rotatable bonds is 4. The summed E-state index contributed by atoms with van der Waals surface area (Å²) >= 11 is 0. The van der Waals surface area contributed by atoms with Crippen LogP contribution in [0.1, 0.15) is 43.2 Å². The van der Waals surface area contributed by atoms with Gasteiger partial charge < -0.3 is 15.4 Å². The zero-order valence-electron chi connectivity index (χ0n) is 13.4. The number of hydrogen-bond acceptors (Lipinski definition) is 3. The number of carbonyl (C=O) groups is 1. The molecule has 1 amide bonds. The lowest BCUT2D eigenvalue weighted by Gasteiger charge is -2.32. The second kappa shape index (κ2) is 6.80. The summed E-state index contributed by atoms with van der Waals surface area (Å²) in [6.45, 7) is 4.31. The lowest BCUT2D eigenvalue weighted by Crippen LogP contribution is -2.48. The van der Waals surface area contributed by atoms with Crippen molar-refractivity contribution < 1.29 is 9.53 Å². The standard InChI is InChI=1S/C18H26N2O2/c1-14-5-4-6-15(11-14)18(7-2-3-8-18)20-17(21)12-16-13-22-10-9-19-16/h4-6,11,16,19H,2-3,7-10,12-13H2,1H3,(H,20,21). The highest BCUT2D eigenvalue weighted by molar-refractivity contribution is 5.77. The molecule has 0 radical (unpaired) electrons. The molecule has 1 aliphatic heterocycles. The highest BCUT2D eigenvalue weighted by atomic mass is 16.5. The summed E-state index contributed by atoms with van der Waals surface area (Å²) in [7, 11) is 0. The SMILES string of the molecule is Cc1cccc(C2(NC(=O)CC3COCCN3)CCCC2)c1. The molecule has 22 heavy (non-hydrogen) atoms. The van der Waals surface area contributed by atoms with Crippen LogP contribution < -0.4 is 10.6 Å². The van der Waals surface area contributed by atoms with Crippen molar-refractivity contribution in [1.29, 1.82) is 0 Å². The number of morpholine rings is 1. The van der Waals surface area contributed by atoms with Gasteiger partial charge in [0.15, 0.2) is 0 Å². The Kier molecular flexibility index (Phi) is 4.79. The van der Waals surface area contributed by atoms with E-state index in [-0.39, 0.29) is 17.5 Å². The summed E-state index contributed by atoms with van der Waals surface area (Å²) in [6, 6.07) is 8.71. The molecular formula is C18H26N2O2. The largest absolute Gasteiger partial charge is 0.378 e. The fraction of sp³-hybridized carbons (Fsp3) is 0.611. The van der Waals surface area contributed by atoms with Crippen molar-refractivity contribution in [2.24, 2.45) is 0 Å². The van der Waals surface area contributed by atoms with Crippen LogP contribution in [0.15, 0.2) is 24.3 Å².